The van der Waals surface area contributed by atoms with Crippen LogP contribution in [0, 0.1) is 0 Å². The number of nitrogen functional groups attached to an aromatic ring is 2. The summed E-state index contributed by atoms with van der Waals surface area (Å²) in [5, 5.41) is 1.14. The first-order valence-electron chi connectivity index (χ1n) is 5.24. The first-order valence-corrected chi connectivity index (χ1v) is 6.38. The zero-order chi connectivity index (χ0) is 13.1. The molecule has 2 aromatic carbocycles. The Morgan fingerprint density at radius 2 is 1.50 bits per heavy atom. The minimum absolute atomic E-state index is 0.519. The van der Waals surface area contributed by atoms with E-state index in [0.717, 1.165) is 16.5 Å². The van der Waals surface area contributed by atoms with Crippen molar-refractivity contribution in [1.29, 1.82) is 0 Å². The molecule has 0 amide bonds. The van der Waals surface area contributed by atoms with Gasteiger partial charge in [0, 0.05) is 11.4 Å². The quantitative estimate of drug-likeness (QED) is 0.633. The molecular weight excluding hydrogens is 248 g/mol. The van der Waals surface area contributed by atoms with Crippen molar-refractivity contribution in [2.45, 2.75) is 0 Å². The van der Waals surface area contributed by atoms with Crippen LogP contribution in [-0.4, -0.2) is 13.8 Å². The number of rotatable bonds is 2. The van der Waals surface area contributed by atoms with Gasteiger partial charge >= 0.3 is 0 Å². The maximum atomic E-state index is 10.8. The van der Waals surface area contributed by atoms with Gasteiger partial charge in [-0.1, -0.05) is 18.2 Å². The van der Waals surface area contributed by atoms with Crippen molar-refractivity contribution in [2.75, 3.05) is 11.5 Å². The van der Waals surface area contributed by atoms with E-state index in [4.69, 9.17) is 11.5 Å². The molecule has 0 spiro atoms. The van der Waals surface area contributed by atoms with Gasteiger partial charge in [-0.25, -0.2) is 0 Å². The Hall–Kier alpha value is -2.27. The number of anilines is 2. The molecule has 0 aliphatic carbocycles. The van der Waals surface area contributed by atoms with Crippen molar-refractivity contribution < 1.29 is 8.42 Å². The first-order chi connectivity index (χ1) is 8.56. The topological polar surface area (TPSA) is 86.2 Å². The van der Waals surface area contributed by atoms with Crippen LogP contribution in [0.3, 0.4) is 0 Å². The fourth-order valence-corrected chi connectivity index (χ4v) is 2.11. The smallest absolute Gasteiger partial charge is 0.214 e. The molecule has 5 heteroatoms. The highest BCUT2D eigenvalue weighted by atomic mass is 32.2. The third-order valence-electron chi connectivity index (χ3n) is 2.52. The van der Waals surface area contributed by atoms with Crippen LogP contribution in [0.2, 0.25) is 0 Å². The molecule has 0 saturated carbocycles. The van der Waals surface area contributed by atoms with Crippen molar-refractivity contribution in [3.8, 4) is 11.1 Å². The van der Waals surface area contributed by atoms with Gasteiger partial charge in [0.2, 0.25) is 10.3 Å². The van der Waals surface area contributed by atoms with Gasteiger partial charge in [0.15, 0.2) is 0 Å². The summed E-state index contributed by atoms with van der Waals surface area (Å²) in [6.45, 7) is 0. The highest BCUT2D eigenvalue weighted by Gasteiger charge is 2.04. The largest absolute Gasteiger partial charge is 0.399 e. The SMILES string of the molecule is Nc1ccc(-c2ccc(N)cc2C=S(=O)=O)cc1. The molecule has 0 aromatic heterocycles. The van der Waals surface area contributed by atoms with Crippen LogP contribution in [0.5, 0.6) is 0 Å². The monoisotopic (exact) mass is 260 g/mol. The summed E-state index contributed by atoms with van der Waals surface area (Å²) in [4.78, 5) is 0. The van der Waals surface area contributed by atoms with Crippen molar-refractivity contribution in [3.05, 3.63) is 48.0 Å². The molecular formula is C13H12N2O2S. The molecule has 0 atom stereocenters. The van der Waals surface area contributed by atoms with Crippen LogP contribution in [0.25, 0.3) is 11.1 Å². The summed E-state index contributed by atoms with van der Waals surface area (Å²) in [6, 6.07) is 12.4. The zero-order valence-electron chi connectivity index (χ0n) is 9.50. The third kappa shape index (κ3) is 2.70. The number of hydrogen-bond acceptors (Lipinski definition) is 4. The van der Waals surface area contributed by atoms with Crippen molar-refractivity contribution >= 4 is 27.0 Å². The zero-order valence-corrected chi connectivity index (χ0v) is 10.3. The third-order valence-corrected chi connectivity index (χ3v) is 2.97. The standard InChI is InChI=1S/C13H12N2O2S/c14-11-3-1-9(2-4-11)13-6-5-12(15)7-10(13)8-18(16)17/h1-8H,14-15H2. The summed E-state index contributed by atoms with van der Waals surface area (Å²) in [6.07, 6.45) is 0. The van der Waals surface area contributed by atoms with Crippen molar-refractivity contribution in [1.82, 2.24) is 0 Å². The van der Waals surface area contributed by atoms with Gasteiger partial charge in [-0.3, -0.25) is 0 Å². The maximum Gasteiger partial charge on any atom is 0.214 e. The van der Waals surface area contributed by atoms with E-state index in [0.29, 0.717) is 16.9 Å². The van der Waals surface area contributed by atoms with E-state index in [1.165, 1.54) is 0 Å². The highest BCUT2D eigenvalue weighted by Crippen LogP contribution is 2.25. The second-order valence-electron chi connectivity index (χ2n) is 3.85. The molecule has 0 radical (unpaired) electrons. The lowest BCUT2D eigenvalue weighted by atomic mass is 10.00. The van der Waals surface area contributed by atoms with Gasteiger partial charge in [-0.05, 0) is 41.0 Å². The second-order valence-corrected chi connectivity index (χ2v) is 4.60. The normalized spacial score (nSPS) is 10.0. The molecule has 0 heterocycles. The number of hydrogen-bond donors (Lipinski definition) is 2. The molecule has 2 aromatic rings. The highest BCUT2D eigenvalue weighted by molar-refractivity contribution is 7.71. The summed E-state index contributed by atoms with van der Waals surface area (Å²) in [7, 11) is -2.27. The van der Waals surface area contributed by atoms with Crippen LogP contribution >= 0.6 is 0 Å². The fraction of sp³-hybridized carbons (Fsp3) is 0. The molecule has 0 aliphatic heterocycles. The molecule has 0 aliphatic rings. The van der Waals surface area contributed by atoms with Gasteiger partial charge in [-0.15, -0.1) is 0 Å². The summed E-state index contributed by atoms with van der Waals surface area (Å²) in [5.74, 6) is 0. The maximum absolute atomic E-state index is 10.8. The number of benzene rings is 2. The first kappa shape index (κ1) is 12.2. The summed E-state index contributed by atoms with van der Waals surface area (Å²) < 4.78 is 21.6. The molecule has 4 nitrogen and oxygen atoms in total. The van der Waals surface area contributed by atoms with Crippen LogP contribution in [0.1, 0.15) is 5.56 Å². The predicted molar refractivity (Wildman–Crippen MR) is 74.8 cm³/mol. The van der Waals surface area contributed by atoms with Gasteiger partial charge in [0.1, 0.15) is 0 Å². The lowest BCUT2D eigenvalue weighted by molar-refractivity contribution is 0.627. The molecule has 0 fully saturated rings. The summed E-state index contributed by atoms with van der Waals surface area (Å²) >= 11 is 0. The van der Waals surface area contributed by atoms with Gasteiger partial charge in [-0.2, -0.15) is 8.42 Å². The van der Waals surface area contributed by atoms with Gasteiger partial charge in [0.25, 0.3) is 0 Å². The molecule has 2 rings (SSSR count). The van der Waals surface area contributed by atoms with Crippen LogP contribution in [0.15, 0.2) is 42.5 Å². The average Bonchev–Trinajstić information content (AvgIpc) is 2.30. The van der Waals surface area contributed by atoms with E-state index in [9.17, 15) is 8.42 Å². The van der Waals surface area contributed by atoms with Crippen LogP contribution in [0.4, 0.5) is 11.4 Å². The summed E-state index contributed by atoms with van der Waals surface area (Å²) in [5.41, 5.74) is 14.7. The Bertz CT molecular complexity index is 696. The predicted octanol–water partition coefficient (Wildman–Crippen LogP) is 1.55. The van der Waals surface area contributed by atoms with E-state index in [1.54, 1.807) is 30.3 Å². The second kappa shape index (κ2) is 4.93. The van der Waals surface area contributed by atoms with Gasteiger partial charge in [0.05, 0.1) is 5.37 Å². The Balaban J connectivity index is 2.63. The molecule has 92 valence electrons. The minimum atomic E-state index is -2.27. The van der Waals surface area contributed by atoms with Gasteiger partial charge < -0.3 is 11.5 Å². The molecule has 0 saturated heterocycles. The van der Waals surface area contributed by atoms with Crippen molar-refractivity contribution in [3.63, 3.8) is 0 Å². The van der Waals surface area contributed by atoms with E-state index in [-0.39, 0.29) is 0 Å². The van der Waals surface area contributed by atoms with Crippen molar-refractivity contribution in [2.24, 2.45) is 0 Å². The van der Waals surface area contributed by atoms with E-state index in [1.807, 2.05) is 12.1 Å². The lowest BCUT2D eigenvalue weighted by Crippen LogP contribution is -1.93. The Kier molecular flexibility index (Phi) is 3.34. The fourth-order valence-electron chi connectivity index (χ4n) is 1.71. The van der Waals surface area contributed by atoms with Crippen LogP contribution < -0.4 is 11.5 Å². The average molecular weight is 260 g/mol. The van der Waals surface area contributed by atoms with E-state index in [2.05, 4.69) is 0 Å². The molecule has 18 heavy (non-hydrogen) atoms. The molecule has 0 unspecified atom stereocenters. The Morgan fingerprint density at radius 1 is 0.889 bits per heavy atom. The van der Waals surface area contributed by atoms with Crippen LogP contribution in [-0.2, 0) is 10.3 Å². The van der Waals surface area contributed by atoms with E-state index >= 15 is 0 Å². The Morgan fingerprint density at radius 3 is 2.11 bits per heavy atom. The number of nitrogens with two attached hydrogens (primary N) is 2. The molecule has 4 N–H and O–H groups in total. The Labute approximate surface area is 106 Å². The lowest BCUT2D eigenvalue weighted by Gasteiger charge is -2.07. The molecule has 0 bridgehead atoms. The van der Waals surface area contributed by atoms with E-state index < -0.39 is 10.3 Å². The minimum Gasteiger partial charge on any atom is -0.399 e.